The summed E-state index contributed by atoms with van der Waals surface area (Å²) in [5.41, 5.74) is 0.641. The van der Waals surface area contributed by atoms with Gasteiger partial charge in [-0.05, 0) is 54.1 Å². The van der Waals surface area contributed by atoms with Gasteiger partial charge >= 0.3 is 0 Å². The van der Waals surface area contributed by atoms with E-state index in [4.69, 9.17) is 11.6 Å². The Bertz CT molecular complexity index is 1160. The summed E-state index contributed by atoms with van der Waals surface area (Å²) in [6.07, 6.45) is 1.32. The van der Waals surface area contributed by atoms with Crippen LogP contribution in [0.25, 0.3) is 6.08 Å². The largest absolute Gasteiger partial charge is 0.321 e. The minimum atomic E-state index is -0.592. The van der Waals surface area contributed by atoms with Crippen LogP contribution in [0.1, 0.15) is 5.56 Å². The van der Waals surface area contributed by atoms with Gasteiger partial charge in [-0.1, -0.05) is 47.6 Å². The number of nitrogens with one attached hydrogen (secondary N) is 1. The molecule has 1 N–H and O–H groups in total. The Balaban J connectivity index is 1.87. The van der Waals surface area contributed by atoms with E-state index in [1.165, 1.54) is 23.9 Å². The van der Waals surface area contributed by atoms with Gasteiger partial charge in [-0.25, -0.2) is 0 Å². The van der Waals surface area contributed by atoms with Gasteiger partial charge < -0.3 is 5.32 Å². The van der Waals surface area contributed by atoms with Crippen molar-refractivity contribution in [3.8, 4) is 6.07 Å². The van der Waals surface area contributed by atoms with Gasteiger partial charge in [-0.15, -0.1) is 0 Å². The number of benzene rings is 3. The lowest BCUT2D eigenvalue weighted by Gasteiger charge is -2.06. The molecule has 0 unspecified atom stereocenters. The highest BCUT2D eigenvalue weighted by Crippen LogP contribution is 2.36. The second kappa shape index (κ2) is 9.74. The second-order valence-electron chi connectivity index (χ2n) is 6.03. The highest BCUT2D eigenvalue weighted by Gasteiger charge is 2.17. The molecule has 0 aliphatic carbocycles. The fourth-order valence-electron chi connectivity index (χ4n) is 2.52. The average Bonchev–Trinajstić information content (AvgIpc) is 2.75. The topological polar surface area (TPSA) is 96.0 Å². The summed E-state index contributed by atoms with van der Waals surface area (Å²) in [7, 11) is 0. The Morgan fingerprint density at radius 3 is 2.43 bits per heavy atom. The van der Waals surface area contributed by atoms with Gasteiger partial charge in [-0.3, -0.25) is 14.9 Å². The van der Waals surface area contributed by atoms with Crippen molar-refractivity contribution in [2.24, 2.45) is 0 Å². The number of nitrogens with zero attached hydrogens (tertiary/aromatic N) is 2. The Morgan fingerprint density at radius 2 is 1.80 bits per heavy atom. The van der Waals surface area contributed by atoms with Gasteiger partial charge in [0.2, 0.25) is 0 Å². The molecular weight excluding hydrogens is 422 g/mol. The van der Waals surface area contributed by atoms with E-state index >= 15 is 0 Å². The lowest BCUT2D eigenvalue weighted by atomic mass is 10.1. The fraction of sp³-hybridized carbons (Fsp3) is 0. The highest BCUT2D eigenvalue weighted by molar-refractivity contribution is 7.99. The van der Waals surface area contributed by atoms with Gasteiger partial charge in [0.25, 0.3) is 11.6 Å². The number of halogens is 1. The van der Waals surface area contributed by atoms with E-state index in [0.29, 0.717) is 21.2 Å². The number of carbonyl (C=O) groups excluding carboxylic acids is 1. The first-order valence-electron chi connectivity index (χ1n) is 8.66. The third kappa shape index (κ3) is 5.47. The van der Waals surface area contributed by atoms with Crippen LogP contribution in [0.2, 0.25) is 5.02 Å². The third-order valence-electron chi connectivity index (χ3n) is 3.93. The molecule has 0 bridgehead atoms. The number of nitro benzene ring substituents is 1. The molecule has 0 aliphatic heterocycles. The molecule has 3 aromatic carbocycles. The van der Waals surface area contributed by atoms with Crippen molar-refractivity contribution in [3.05, 3.63) is 99.1 Å². The van der Waals surface area contributed by atoms with Crippen LogP contribution >= 0.6 is 23.4 Å². The summed E-state index contributed by atoms with van der Waals surface area (Å²) < 4.78 is 0. The first-order valence-corrected chi connectivity index (χ1v) is 9.86. The zero-order chi connectivity index (χ0) is 21.5. The van der Waals surface area contributed by atoms with Crippen molar-refractivity contribution < 1.29 is 9.72 Å². The SMILES string of the molecule is N#CC(=Cc1ccc(Sc2ccc(Cl)cc2)c([N+](=O)[O-])c1)C(=O)Nc1ccccc1. The van der Waals surface area contributed by atoms with E-state index in [1.807, 2.05) is 6.07 Å². The maximum Gasteiger partial charge on any atom is 0.283 e. The molecule has 148 valence electrons. The van der Waals surface area contributed by atoms with Crippen LogP contribution in [0.5, 0.6) is 0 Å². The van der Waals surface area contributed by atoms with Crippen molar-refractivity contribution in [3.63, 3.8) is 0 Å². The fourth-order valence-corrected chi connectivity index (χ4v) is 3.54. The first-order chi connectivity index (χ1) is 14.5. The van der Waals surface area contributed by atoms with Crippen LogP contribution in [-0.4, -0.2) is 10.8 Å². The minimum absolute atomic E-state index is 0.121. The standard InChI is InChI=1S/C22H14ClN3O3S/c23-17-7-9-19(10-8-17)30-21-11-6-15(13-20(21)26(28)29)12-16(14-24)22(27)25-18-4-2-1-3-5-18/h1-13H,(H,25,27). The van der Waals surface area contributed by atoms with Crippen LogP contribution in [0.15, 0.2) is 88.2 Å². The van der Waals surface area contributed by atoms with E-state index < -0.39 is 10.8 Å². The molecule has 0 spiro atoms. The second-order valence-corrected chi connectivity index (χ2v) is 7.58. The molecular formula is C22H14ClN3O3S. The molecule has 6 nitrogen and oxygen atoms in total. The van der Waals surface area contributed by atoms with Gasteiger partial charge in [0, 0.05) is 21.7 Å². The molecule has 0 fully saturated rings. The van der Waals surface area contributed by atoms with Crippen LogP contribution in [0, 0.1) is 21.4 Å². The van der Waals surface area contributed by atoms with Gasteiger partial charge in [0.1, 0.15) is 11.6 Å². The van der Waals surface area contributed by atoms with Crippen LogP contribution < -0.4 is 5.32 Å². The Kier molecular flexibility index (Phi) is 6.86. The predicted molar refractivity (Wildman–Crippen MR) is 117 cm³/mol. The number of hydrogen-bond donors (Lipinski definition) is 1. The highest BCUT2D eigenvalue weighted by atomic mass is 35.5. The van der Waals surface area contributed by atoms with E-state index in [1.54, 1.807) is 66.7 Å². The van der Waals surface area contributed by atoms with Crippen LogP contribution in [0.3, 0.4) is 0 Å². The molecule has 3 aromatic rings. The molecule has 0 aliphatic rings. The lowest BCUT2D eigenvalue weighted by molar-refractivity contribution is -0.387. The maximum absolute atomic E-state index is 12.4. The van der Waals surface area contributed by atoms with Crippen molar-refractivity contribution >= 4 is 46.7 Å². The molecule has 1 amide bonds. The van der Waals surface area contributed by atoms with Crippen LogP contribution in [-0.2, 0) is 4.79 Å². The summed E-state index contributed by atoms with van der Waals surface area (Å²) in [5, 5.41) is 24.1. The number of anilines is 1. The van der Waals surface area contributed by atoms with E-state index in [2.05, 4.69) is 5.32 Å². The Morgan fingerprint density at radius 1 is 1.10 bits per heavy atom. The molecule has 8 heteroatoms. The average molecular weight is 436 g/mol. The molecule has 0 aromatic heterocycles. The lowest BCUT2D eigenvalue weighted by Crippen LogP contribution is -2.13. The normalized spacial score (nSPS) is 10.9. The molecule has 0 radical (unpaired) electrons. The summed E-state index contributed by atoms with van der Waals surface area (Å²) in [6, 6.07) is 22.1. The summed E-state index contributed by atoms with van der Waals surface area (Å²) >= 11 is 7.10. The Hall–Kier alpha value is -3.60. The van der Waals surface area contributed by atoms with E-state index in [0.717, 1.165) is 4.90 Å². The molecule has 30 heavy (non-hydrogen) atoms. The van der Waals surface area contributed by atoms with E-state index in [9.17, 15) is 20.2 Å². The van der Waals surface area contributed by atoms with Crippen molar-refractivity contribution in [1.82, 2.24) is 0 Å². The molecule has 0 saturated heterocycles. The van der Waals surface area contributed by atoms with Gasteiger partial charge in [0.15, 0.2) is 0 Å². The van der Waals surface area contributed by atoms with Crippen LogP contribution in [0.4, 0.5) is 11.4 Å². The number of para-hydroxylation sites is 1. The number of carbonyl (C=O) groups is 1. The number of amides is 1. The molecule has 0 saturated carbocycles. The third-order valence-corrected chi connectivity index (χ3v) is 5.25. The van der Waals surface area contributed by atoms with Gasteiger partial charge in [-0.2, -0.15) is 5.26 Å². The Labute approximate surface area is 181 Å². The minimum Gasteiger partial charge on any atom is -0.321 e. The van der Waals surface area contributed by atoms with Gasteiger partial charge in [0.05, 0.1) is 9.82 Å². The van der Waals surface area contributed by atoms with Crippen molar-refractivity contribution in [2.45, 2.75) is 9.79 Å². The number of rotatable bonds is 6. The van der Waals surface area contributed by atoms with Crippen molar-refractivity contribution in [1.29, 1.82) is 5.26 Å². The number of nitro groups is 1. The van der Waals surface area contributed by atoms with E-state index in [-0.39, 0.29) is 11.3 Å². The predicted octanol–water partition coefficient (Wildman–Crippen LogP) is 5.95. The van der Waals surface area contributed by atoms with Crippen molar-refractivity contribution in [2.75, 3.05) is 5.32 Å². The molecule has 0 heterocycles. The summed E-state index contributed by atoms with van der Waals surface area (Å²) in [4.78, 5) is 24.6. The monoisotopic (exact) mass is 435 g/mol. The summed E-state index contributed by atoms with van der Waals surface area (Å²) in [5.74, 6) is -0.592. The summed E-state index contributed by atoms with van der Waals surface area (Å²) in [6.45, 7) is 0. The zero-order valence-corrected chi connectivity index (χ0v) is 17.0. The smallest absolute Gasteiger partial charge is 0.283 e. The quantitative estimate of drug-likeness (QED) is 0.223. The maximum atomic E-state index is 12.4. The molecule has 3 rings (SSSR count). The zero-order valence-electron chi connectivity index (χ0n) is 15.4. The number of hydrogen-bond acceptors (Lipinski definition) is 5. The first kappa shape index (κ1) is 21.1. The molecule has 0 atom stereocenters. The number of nitriles is 1.